The quantitative estimate of drug-likeness (QED) is 0.756. The van der Waals surface area contributed by atoms with Crippen molar-refractivity contribution in [3.05, 3.63) is 47.3 Å². The van der Waals surface area contributed by atoms with E-state index in [0.717, 1.165) is 17.7 Å². The summed E-state index contributed by atoms with van der Waals surface area (Å²) in [4.78, 5) is 11.0. The highest BCUT2D eigenvalue weighted by Gasteiger charge is 2.14. The van der Waals surface area contributed by atoms with Crippen LogP contribution in [0.15, 0.2) is 30.5 Å². The Labute approximate surface area is 101 Å². The fraction of sp³-hybridized carbons (Fsp3) is 0.286. The molecule has 0 amide bonds. The number of nitrogens with zero attached hydrogens (tertiary/aromatic N) is 2. The third-order valence-electron chi connectivity index (χ3n) is 2.76. The molecule has 1 aromatic carbocycles. The molecule has 0 saturated heterocycles. The van der Waals surface area contributed by atoms with Gasteiger partial charge in [0.2, 0.25) is 0 Å². The monoisotopic (exact) mass is 228 g/mol. The van der Waals surface area contributed by atoms with Gasteiger partial charge in [-0.25, -0.2) is 4.68 Å². The molecule has 0 saturated carbocycles. The second-order valence-electron chi connectivity index (χ2n) is 4.51. The van der Waals surface area contributed by atoms with Crippen molar-refractivity contribution in [3.63, 3.8) is 0 Å². The molecule has 17 heavy (non-hydrogen) atoms. The van der Waals surface area contributed by atoms with Crippen molar-refractivity contribution in [2.45, 2.75) is 26.7 Å². The molecule has 0 unspecified atom stereocenters. The lowest BCUT2D eigenvalue weighted by molar-refractivity contribution is 0.112. The molecule has 2 aromatic rings. The van der Waals surface area contributed by atoms with Gasteiger partial charge in [0.05, 0.1) is 23.1 Å². The number of aryl methyl sites for hydroxylation is 1. The SMILES string of the molecule is Cc1cccc(-n2ncc(C=O)c2C(C)C)c1. The minimum atomic E-state index is 0.262. The number of rotatable bonds is 3. The second-order valence-corrected chi connectivity index (χ2v) is 4.51. The Balaban J connectivity index is 2.59. The second kappa shape index (κ2) is 4.53. The van der Waals surface area contributed by atoms with E-state index in [0.29, 0.717) is 5.56 Å². The standard InChI is InChI=1S/C14H16N2O/c1-10(2)14-12(9-17)8-15-16(14)13-6-4-5-11(3)7-13/h4-10H,1-3H3. The predicted octanol–water partition coefficient (Wildman–Crippen LogP) is 3.12. The molecule has 3 heteroatoms. The van der Waals surface area contributed by atoms with Crippen LogP contribution < -0.4 is 0 Å². The number of hydrogen-bond donors (Lipinski definition) is 0. The molecular formula is C14H16N2O. The van der Waals surface area contributed by atoms with Crippen molar-refractivity contribution in [2.24, 2.45) is 0 Å². The fourth-order valence-electron chi connectivity index (χ4n) is 2.00. The van der Waals surface area contributed by atoms with Crippen molar-refractivity contribution in [1.82, 2.24) is 9.78 Å². The zero-order chi connectivity index (χ0) is 12.4. The van der Waals surface area contributed by atoms with E-state index in [9.17, 15) is 4.79 Å². The van der Waals surface area contributed by atoms with Gasteiger partial charge in [-0.3, -0.25) is 4.79 Å². The number of hydrogen-bond acceptors (Lipinski definition) is 2. The summed E-state index contributed by atoms with van der Waals surface area (Å²) in [5.74, 6) is 0.262. The van der Waals surface area contributed by atoms with E-state index in [4.69, 9.17) is 0 Å². The maximum atomic E-state index is 11.0. The van der Waals surface area contributed by atoms with Gasteiger partial charge in [-0.2, -0.15) is 5.10 Å². The lowest BCUT2D eigenvalue weighted by atomic mass is 10.1. The zero-order valence-corrected chi connectivity index (χ0v) is 10.3. The average molecular weight is 228 g/mol. The summed E-state index contributed by atoms with van der Waals surface area (Å²) in [6.45, 7) is 6.18. The van der Waals surface area contributed by atoms with Crippen molar-refractivity contribution >= 4 is 6.29 Å². The summed E-state index contributed by atoms with van der Waals surface area (Å²) >= 11 is 0. The Bertz CT molecular complexity index is 541. The summed E-state index contributed by atoms with van der Waals surface area (Å²) in [6.07, 6.45) is 2.50. The number of benzene rings is 1. The Morgan fingerprint density at radius 2 is 2.12 bits per heavy atom. The average Bonchev–Trinajstić information content (AvgIpc) is 2.72. The van der Waals surface area contributed by atoms with Crippen LogP contribution in [0.25, 0.3) is 5.69 Å². The molecule has 1 heterocycles. The molecule has 88 valence electrons. The zero-order valence-electron chi connectivity index (χ0n) is 10.3. The Kier molecular flexibility index (Phi) is 3.09. The number of carbonyl (C=O) groups excluding carboxylic acids is 1. The summed E-state index contributed by atoms with van der Waals surface area (Å²) in [6, 6.07) is 8.10. The first kappa shape index (κ1) is 11.6. The molecule has 2 rings (SSSR count). The number of aldehydes is 1. The lowest BCUT2D eigenvalue weighted by Gasteiger charge is -2.11. The summed E-state index contributed by atoms with van der Waals surface area (Å²) in [5, 5.41) is 4.30. The topological polar surface area (TPSA) is 34.9 Å². The van der Waals surface area contributed by atoms with Gasteiger partial charge in [-0.05, 0) is 30.5 Å². The molecule has 0 fully saturated rings. The predicted molar refractivity (Wildman–Crippen MR) is 67.8 cm³/mol. The van der Waals surface area contributed by atoms with E-state index >= 15 is 0 Å². The summed E-state index contributed by atoms with van der Waals surface area (Å²) in [7, 11) is 0. The molecule has 0 radical (unpaired) electrons. The van der Waals surface area contributed by atoms with Crippen molar-refractivity contribution in [2.75, 3.05) is 0 Å². The normalized spacial score (nSPS) is 10.8. The van der Waals surface area contributed by atoms with Gasteiger partial charge in [0, 0.05) is 0 Å². The molecule has 0 atom stereocenters. The minimum Gasteiger partial charge on any atom is -0.298 e. The third-order valence-corrected chi connectivity index (χ3v) is 2.76. The van der Waals surface area contributed by atoms with E-state index in [2.05, 4.69) is 25.0 Å². The van der Waals surface area contributed by atoms with Crippen LogP contribution in [0.2, 0.25) is 0 Å². The van der Waals surface area contributed by atoms with Crippen molar-refractivity contribution in [3.8, 4) is 5.69 Å². The summed E-state index contributed by atoms with van der Waals surface area (Å²) < 4.78 is 1.85. The van der Waals surface area contributed by atoms with Crippen molar-refractivity contribution < 1.29 is 4.79 Å². The van der Waals surface area contributed by atoms with Gasteiger partial charge in [0.15, 0.2) is 6.29 Å². The Morgan fingerprint density at radius 3 is 2.71 bits per heavy atom. The van der Waals surface area contributed by atoms with E-state index in [-0.39, 0.29) is 5.92 Å². The van der Waals surface area contributed by atoms with Crippen LogP contribution in [0, 0.1) is 6.92 Å². The first-order chi connectivity index (χ1) is 8.13. The molecule has 0 aliphatic rings. The van der Waals surface area contributed by atoms with Crippen LogP contribution in [-0.4, -0.2) is 16.1 Å². The van der Waals surface area contributed by atoms with Crippen LogP contribution in [-0.2, 0) is 0 Å². The highest BCUT2D eigenvalue weighted by molar-refractivity contribution is 5.76. The van der Waals surface area contributed by atoms with Gasteiger partial charge in [0.1, 0.15) is 0 Å². The highest BCUT2D eigenvalue weighted by atomic mass is 16.1. The van der Waals surface area contributed by atoms with Crippen molar-refractivity contribution in [1.29, 1.82) is 0 Å². The van der Waals surface area contributed by atoms with Crippen LogP contribution in [0.3, 0.4) is 0 Å². The Hall–Kier alpha value is -1.90. The molecule has 3 nitrogen and oxygen atoms in total. The smallest absolute Gasteiger partial charge is 0.153 e. The molecule has 0 aliphatic heterocycles. The molecular weight excluding hydrogens is 212 g/mol. The van der Waals surface area contributed by atoms with Crippen LogP contribution in [0.1, 0.15) is 41.4 Å². The van der Waals surface area contributed by atoms with Gasteiger partial charge >= 0.3 is 0 Å². The maximum absolute atomic E-state index is 11.0. The first-order valence-corrected chi connectivity index (χ1v) is 5.73. The van der Waals surface area contributed by atoms with Crippen LogP contribution in [0.5, 0.6) is 0 Å². The Morgan fingerprint density at radius 1 is 1.35 bits per heavy atom. The van der Waals surface area contributed by atoms with Gasteiger partial charge in [0.25, 0.3) is 0 Å². The maximum Gasteiger partial charge on any atom is 0.153 e. The third kappa shape index (κ3) is 2.13. The van der Waals surface area contributed by atoms with Gasteiger partial charge in [-0.15, -0.1) is 0 Å². The van der Waals surface area contributed by atoms with Gasteiger partial charge in [-0.1, -0.05) is 26.0 Å². The minimum absolute atomic E-state index is 0.262. The van der Waals surface area contributed by atoms with E-state index in [1.54, 1.807) is 6.20 Å². The van der Waals surface area contributed by atoms with E-state index in [1.807, 2.05) is 29.8 Å². The summed E-state index contributed by atoms with van der Waals surface area (Å²) in [5.41, 5.74) is 3.81. The lowest BCUT2D eigenvalue weighted by Crippen LogP contribution is -2.05. The van der Waals surface area contributed by atoms with E-state index in [1.165, 1.54) is 5.56 Å². The molecule has 0 spiro atoms. The molecule has 0 N–H and O–H groups in total. The molecule has 1 aromatic heterocycles. The van der Waals surface area contributed by atoms with E-state index < -0.39 is 0 Å². The van der Waals surface area contributed by atoms with Crippen LogP contribution >= 0.6 is 0 Å². The molecule has 0 aliphatic carbocycles. The first-order valence-electron chi connectivity index (χ1n) is 5.73. The molecule has 0 bridgehead atoms. The number of carbonyl (C=O) groups is 1. The fourth-order valence-corrected chi connectivity index (χ4v) is 2.00. The number of aromatic nitrogens is 2. The van der Waals surface area contributed by atoms with Gasteiger partial charge < -0.3 is 0 Å². The highest BCUT2D eigenvalue weighted by Crippen LogP contribution is 2.22. The largest absolute Gasteiger partial charge is 0.298 e. The van der Waals surface area contributed by atoms with Crippen LogP contribution in [0.4, 0.5) is 0 Å².